The highest BCUT2D eigenvalue weighted by atomic mass is 32.2. The van der Waals surface area contributed by atoms with E-state index in [1.807, 2.05) is 6.92 Å². The maximum atomic E-state index is 12.6. The minimum Gasteiger partial charge on any atom is -0.394 e. The van der Waals surface area contributed by atoms with Gasteiger partial charge in [0.2, 0.25) is 0 Å². The van der Waals surface area contributed by atoms with Crippen molar-refractivity contribution in [2.75, 3.05) is 32.2 Å². The van der Waals surface area contributed by atoms with E-state index < -0.39 is 115 Å². The Hall–Kier alpha value is -1.43. The van der Waals surface area contributed by atoms with Crippen molar-refractivity contribution in [1.29, 1.82) is 0 Å². The average molecular weight is 741 g/mol. The third kappa shape index (κ3) is 9.75. The van der Waals surface area contributed by atoms with Crippen LogP contribution < -0.4 is 0 Å². The molecule has 3 heterocycles. The van der Waals surface area contributed by atoms with E-state index in [4.69, 9.17) is 28.4 Å². The van der Waals surface area contributed by atoms with Gasteiger partial charge in [0.05, 0.1) is 36.6 Å². The molecular weight excluding hydrogens is 688 g/mol. The first-order valence-corrected chi connectivity index (χ1v) is 18.4. The SMILES string of the molecule is Cc1ccc(S(=O)(=O)CCCCOCC2OC(OCC3OC(C(C)C)C(O)C(OC4OC(CO)C(O)C(O)C4O)C3O)C(O)C(O)C2O)cc1. The number of hydrogen-bond acceptors (Lipinski definition) is 17. The quantitative estimate of drug-likeness (QED) is 0.0798. The van der Waals surface area contributed by atoms with E-state index in [2.05, 4.69) is 0 Å². The van der Waals surface area contributed by atoms with Gasteiger partial charge in [0, 0.05) is 6.61 Å². The second kappa shape index (κ2) is 18.1. The first kappa shape index (κ1) is 41.3. The highest BCUT2D eigenvalue weighted by molar-refractivity contribution is 7.91. The van der Waals surface area contributed by atoms with E-state index in [9.17, 15) is 54.4 Å². The molecule has 288 valence electrons. The number of benzene rings is 1. The predicted octanol–water partition coefficient (Wildman–Crippen LogP) is -3.28. The zero-order valence-corrected chi connectivity index (χ0v) is 29.0. The molecule has 15 atom stereocenters. The van der Waals surface area contributed by atoms with Gasteiger partial charge in [-0.3, -0.25) is 0 Å². The highest BCUT2D eigenvalue weighted by Crippen LogP contribution is 2.32. The molecule has 1 aromatic rings. The Labute approximate surface area is 290 Å². The van der Waals surface area contributed by atoms with Gasteiger partial charge < -0.3 is 74.4 Å². The van der Waals surface area contributed by atoms with Gasteiger partial charge in [0.25, 0.3) is 0 Å². The molecule has 3 aliphatic rings. The summed E-state index contributed by atoms with van der Waals surface area (Å²) in [5, 5.41) is 94.0. The maximum Gasteiger partial charge on any atom is 0.187 e. The van der Waals surface area contributed by atoms with Crippen molar-refractivity contribution < 1.29 is 82.8 Å². The molecule has 1 aromatic carbocycles. The Morgan fingerprint density at radius 3 is 1.90 bits per heavy atom. The minimum atomic E-state index is -3.46. The van der Waals surface area contributed by atoms with Gasteiger partial charge in [-0.15, -0.1) is 0 Å². The summed E-state index contributed by atoms with van der Waals surface area (Å²) in [6.45, 7) is 4.03. The van der Waals surface area contributed by atoms with E-state index in [-0.39, 0.29) is 29.8 Å². The molecule has 15 unspecified atom stereocenters. The smallest absolute Gasteiger partial charge is 0.187 e. The molecule has 3 saturated heterocycles. The average Bonchev–Trinajstić information content (AvgIpc) is 3.08. The number of unbranched alkanes of at least 4 members (excludes halogenated alkanes) is 1. The number of rotatable bonds is 15. The number of aliphatic hydroxyl groups is 9. The molecule has 0 spiro atoms. The standard InChI is InChI=1S/C32H52O17S/c1-15(2)29-28(41)30(49-32-27(40)24(37)21(34)18(12-33)47-32)23(36)20(46-29)14-45-31-26(39)25(38)22(35)19(48-31)13-44-10-4-5-11-50(42,43)17-8-6-16(3)7-9-17/h6-9,15,18-41H,4-5,10-14H2,1-3H3. The van der Waals surface area contributed by atoms with Crippen LogP contribution in [0, 0.1) is 12.8 Å². The van der Waals surface area contributed by atoms with Gasteiger partial charge in [-0.2, -0.15) is 0 Å². The highest BCUT2D eigenvalue weighted by Gasteiger charge is 2.52. The Kier molecular flexibility index (Phi) is 14.9. The molecule has 3 aliphatic heterocycles. The summed E-state index contributed by atoms with van der Waals surface area (Å²) in [6, 6.07) is 6.57. The van der Waals surface area contributed by atoms with Crippen molar-refractivity contribution in [3.8, 4) is 0 Å². The largest absolute Gasteiger partial charge is 0.394 e. The fourth-order valence-corrected chi connectivity index (χ4v) is 7.46. The minimum absolute atomic E-state index is 0.0823. The fourth-order valence-electron chi connectivity index (χ4n) is 6.09. The van der Waals surface area contributed by atoms with Gasteiger partial charge in [-0.1, -0.05) is 31.5 Å². The molecule has 0 amide bonds. The van der Waals surface area contributed by atoms with E-state index in [0.717, 1.165) is 5.56 Å². The van der Waals surface area contributed by atoms with Crippen molar-refractivity contribution in [3.63, 3.8) is 0 Å². The van der Waals surface area contributed by atoms with Crippen LogP contribution in [-0.2, 0) is 38.3 Å². The normalized spacial score (nSPS) is 39.9. The molecule has 9 N–H and O–H groups in total. The van der Waals surface area contributed by atoms with Crippen molar-refractivity contribution in [1.82, 2.24) is 0 Å². The molecule has 3 fully saturated rings. The van der Waals surface area contributed by atoms with Crippen LogP contribution in [0.1, 0.15) is 32.3 Å². The molecule has 0 aromatic heterocycles. The van der Waals surface area contributed by atoms with E-state index in [0.29, 0.717) is 12.8 Å². The van der Waals surface area contributed by atoms with E-state index in [1.54, 1.807) is 38.1 Å². The van der Waals surface area contributed by atoms with Crippen LogP contribution >= 0.6 is 0 Å². The van der Waals surface area contributed by atoms with Gasteiger partial charge >= 0.3 is 0 Å². The monoisotopic (exact) mass is 740 g/mol. The molecule has 0 bridgehead atoms. The van der Waals surface area contributed by atoms with Crippen molar-refractivity contribution in [2.45, 2.75) is 130 Å². The Balaban J connectivity index is 1.31. The van der Waals surface area contributed by atoms with Gasteiger partial charge in [-0.25, -0.2) is 8.42 Å². The molecule has 0 radical (unpaired) electrons. The number of ether oxygens (including phenoxy) is 6. The van der Waals surface area contributed by atoms with Gasteiger partial charge in [0.15, 0.2) is 22.4 Å². The first-order valence-electron chi connectivity index (χ1n) is 16.7. The van der Waals surface area contributed by atoms with Crippen molar-refractivity contribution in [3.05, 3.63) is 29.8 Å². The maximum absolute atomic E-state index is 12.6. The lowest BCUT2D eigenvalue weighted by Crippen LogP contribution is -2.65. The van der Waals surface area contributed by atoms with Crippen molar-refractivity contribution >= 4 is 9.84 Å². The van der Waals surface area contributed by atoms with Crippen LogP contribution in [0.15, 0.2) is 29.2 Å². The third-order valence-electron chi connectivity index (χ3n) is 9.23. The lowest BCUT2D eigenvalue weighted by atomic mass is 9.89. The molecule has 0 aliphatic carbocycles. The van der Waals surface area contributed by atoms with Crippen LogP contribution in [0.5, 0.6) is 0 Å². The topological polar surface area (TPSA) is 272 Å². The summed E-state index contributed by atoms with van der Waals surface area (Å²) < 4.78 is 59.1. The number of aryl methyl sites for hydroxylation is 1. The molecule has 50 heavy (non-hydrogen) atoms. The van der Waals surface area contributed by atoms with Crippen LogP contribution in [0.2, 0.25) is 0 Å². The van der Waals surface area contributed by atoms with E-state index in [1.165, 1.54) is 0 Å². The van der Waals surface area contributed by atoms with Crippen LogP contribution in [-0.4, -0.2) is 178 Å². The Morgan fingerprint density at radius 1 is 0.700 bits per heavy atom. The second-order valence-electron chi connectivity index (χ2n) is 13.4. The molecule has 4 rings (SSSR count). The van der Waals surface area contributed by atoms with Crippen molar-refractivity contribution in [2.24, 2.45) is 5.92 Å². The first-order chi connectivity index (χ1) is 23.6. The summed E-state index contributed by atoms with van der Waals surface area (Å²) in [6.07, 6.45) is -21.9. The Bertz CT molecular complexity index is 1280. The van der Waals surface area contributed by atoms with Crippen LogP contribution in [0.3, 0.4) is 0 Å². The van der Waals surface area contributed by atoms with Gasteiger partial charge in [0.1, 0.15) is 73.2 Å². The molecule has 17 nitrogen and oxygen atoms in total. The zero-order chi connectivity index (χ0) is 36.9. The number of hydrogen-bond donors (Lipinski definition) is 9. The predicted molar refractivity (Wildman–Crippen MR) is 170 cm³/mol. The summed E-state index contributed by atoms with van der Waals surface area (Å²) in [5.41, 5.74) is 0.947. The fraction of sp³-hybridized carbons (Fsp3) is 0.812. The number of sulfone groups is 1. The summed E-state index contributed by atoms with van der Waals surface area (Å²) in [5.74, 6) is -0.417. The lowest BCUT2D eigenvalue weighted by Gasteiger charge is -2.47. The molecule has 0 saturated carbocycles. The van der Waals surface area contributed by atoms with E-state index >= 15 is 0 Å². The molecular formula is C32H52O17S. The third-order valence-corrected chi connectivity index (χ3v) is 11.0. The summed E-state index contributed by atoms with van der Waals surface area (Å²) in [7, 11) is -3.46. The van der Waals surface area contributed by atoms with Gasteiger partial charge in [-0.05, 0) is 37.8 Å². The second-order valence-corrected chi connectivity index (χ2v) is 15.5. The lowest BCUT2D eigenvalue weighted by molar-refractivity contribution is -0.349. The summed E-state index contributed by atoms with van der Waals surface area (Å²) >= 11 is 0. The number of aliphatic hydroxyl groups excluding tert-OH is 9. The zero-order valence-electron chi connectivity index (χ0n) is 28.2. The summed E-state index contributed by atoms with van der Waals surface area (Å²) in [4.78, 5) is 0.236. The van der Waals surface area contributed by atoms with Crippen LogP contribution in [0.25, 0.3) is 0 Å². The molecule has 18 heteroatoms. The Morgan fingerprint density at radius 2 is 1.28 bits per heavy atom. The van der Waals surface area contributed by atoms with Crippen LogP contribution in [0.4, 0.5) is 0 Å².